The summed E-state index contributed by atoms with van der Waals surface area (Å²) in [5.74, 6) is -3.74. The maximum Gasteiger partial charge on any atom is 0.314 e. The Morgan fingerprint density at radius 3 is 0.937 bits per heavy atom. The number of fused-ring (bicyclic) bond motifs is 3. The third-order valence-electron chi connectivity index (χ3n) is 11.4. The van der Waals surface area contributed by atoms with E-state index in [4.69, 9.17) is 14.2 Å². The van der Waals surface area contributed by atoms with E-state index in [2.05, 4.69) is 29.9 Å². The highest BCUT2D eigenvalue weighted by atomic mass is 16.5. The van der Waals surface area contributed by atoms with E-state index in [-0.39, 0.29) is 36.5 Å². The molecule has 1 fully saturated rings. The Labute approximate surface area is 360 Å². The van der Waals surface area contributed by atoms with Gasteiger partial charge in [0.2, 0.25) is 0 Å². The Kier molecular flexibility index (Phi) is 10.5. The number of esters is 3. The first-order chi connectivity index (χ1) is 31.0. The van der Waals surface area contributed by atoms with Crippen molar-refractivity contribution in [2.75, 3.05) is 0 Å². The molecule has 10 rings (SSSR count). The SMILES string of the molecule is O=C(Oc1ccc(-c2ccccn2)c2cccnc12)C1CC(C(=O)Oc2ccc(-c3ccccn3)c3cccnc23)CC(C(=O)Oc2ccc(-c3ccccn3)c3cccnc23)C1. The molecule has 12 heteroatoms. The molecule has 0 saturated heterocycles. The normalized spacial score (nSPS) is 16.1. The summed E-state index contributed by atoms with van der Waals surface area (Å²) in [4.78, 5) is 70.2. The number of rotatable bonds is 9. The molecule has 0 aliphatic heterocycles. The molecule has 1 aliphatic carbocycles. The maximum absolute atomic E-state index is 14.3. The summed E-state index contributed by atoms with van der Waals surface area (Å²) in [7, 11) is 0. The van der Waals surface area contributed by atoms with Gasteiger partial charge in [0.05, 0.1) is 34.8 Å². The minimum atomic E-state index is -0.883. The van der Waals surface area contributed by atoms with Gasteiger partial charge in [-0.05, 0) is 110 Å². The average Bonchev–Trinajstić information content (AvgIpc) is 3.35. The molecule has 3 aromatic carbocycles. The Morgan fingerprint density at radius 1 is 0.349 bits per heavy atom. The molecule has 0 bridgehead atoms. The number of pyridine rings is 6. The van der Waals surface area contributed by atoms with Crippen molar-refractivity contribution < 1.29 is 28.6 Å². The van der Waals surface area contributed by atoms with Gasteiger partial charge in [-0.1, -0.05) is 36.4 Å². The summed E-state index contributed by atoms with van der Waals surface area (Å²) >= 11 is 0. The lowest BCUT2D eigenvalue weighted by Crippen LogP contribution is -2.39. The standard InChI is InChI=1S/C51H36N6O6/c58-49(61-43-19-16-34(40-13-1-4-22-52-40)37-10-7-25-55-46(37)43)31-28-32(50(59)62-44-20-17-35(41-14-2-5-23-53-41)38-11-8-26-56-47(38)44)30-33(29-31)51(60)63-45-21-18-36(42-15-3-6-24-54-42)39-12-9-27-57-48(39)45/h1-27,31-33H,28-30H2. The summed E-state index contributed by atoms with van der Waals surface area (Å²) in [5.41, 5.74) is 6.12. The van der Waals surface area contributed by atoms with Crippen LogP contribution in [0.15, 0.2) is 165 Å². The summed E-state index contributed by atoms with van der Waals surface area (Å²) < 4.78 is 18.4. The largest absolute Gasteiger partial charge is 0.424 e. The zero-order valence-electron chi connectivity index (χ0n) is 33.6. The lowest BCUT2D eigenvalue weighted by Gasteiger charge is -2.31. The molecule has 0 unspecified atom stereocenters. The van der Waals surface area contributed by atoms with Gasteiger partial charge in [-0.3, -0.25) is 44.3 Å². The number of ether oxygens (including phenoxy) is 3. The van der Waals surface area contributed by atoms with Gasteiger partial charge in [0, 0.05) is 70.0 Å². The summed E-state index contributed by atoms with van der Waals surface area (Å²) in [5, 5.41) is 2.24. The van der Waals surface area contributed by atoms with E-state index in [1.165, 1.54) is 0 Å². The second-order valence-corrected chi connectivity index (χ2v) is 15.2. The molecule has 1 aliphatic rings. The van der Waals surface area contributed by atoms with Crippen LogP contribution in [0.25, 0.3) is 66.5 Å². The van der Waals surface area contributed by atoms with Crippen LogP contribution in [0.5, 0.6) is 17.2 Å². The van der Waals surface area contributed by atoms with Crippen molar-refractivity contribution >= 4 is 50.6 Å². The van der Waals surface area contributed by atoms with Crippen molar-refractivity contribution in [3.05, 3.63) is 165 Å². The topological polar surface area (TPSA) is 156 Å². The number of hydrogen-bond donors (Lipinski definition) is 0. The van der Waals surface area contributed by atoms with Crippen molar-refractivity contribution in [1.29, 1.82) is 0 Å². The fourth-order valence-electron chi connectivity index (χ4n) is 8.40. The molecule has 0 radical (unpaired) electrons. The van der Waals surface area contributed by atoms with Crippen LogP contribution < -0.4 is 14.2 Å². The van der Waals surface area contributed by atoms with Gasteiger partial charge in [-0.25, -0.2) is 0 Å². The summed E-state index contributed by atoms with van der Waals surface area (Å²) in [6.45, 7) is 0. The number of carbonyl (C=O) groups is 3. The molecule has 6 aromatic heterocycles. The van der Waals surface area contributed by atoms with Crippen LogP contribution in [0.2, 0.25) is 0 Å². The molecule has 0 atom stereocenters. The van der Waals surface area contributed by atoms with E-state index >= 15 is 0 Å². The highest BCUT2D eigenvalue weighted by Crippen LogP contribution is 2.40. The lowest BCUT2D eigenvalue weighted by molar-refractivity contribution is -0.150. The lowest BCUT2D eigenvalue weighted by atomic mass is 9.75. The van der Waals surface area contributed by atoms with Crippen molar-refractivity contribution in [1.82, 2.24) is 29.9 Å². The van der Waals surface area contributed by atoms with E-state index in [0.717, 1.165) is 49.9 Å². The van der Waals surface area contributed by atoms with Crippen LogP contribution in [-0.4, -0.2) is 47.8 Å². The zero-order valence-corrected chi connectivity index (χ0v) is 33.6. The Bertz CT molecular complexity index is 2830. The molecule has 0 amide bonds. The molecule has 9 aromatic rings. The fourth-order valence-corrected chi connectivity index (χ4v) is 8.40. The van der Waals surface area contributed by atoms with Crippen LogP contribution in [0, 0.1) is 17.8 Å². The minimum Gasteiger partial charge on any atom is -0.424 e. The third-order valence-corrected chi connectivity index (χ3v) is 11.4. The van der Waals surface area contributed by atoms with Gasteiger partial charge in [0.25, 0.3) is 0 Å². The molecule has 1 saturated carbocycles. The number of nitrogens with zero attached hydrogens (tertiary/aromatic N) is 6. The molecule has 63 heavy (non-hydrogen) atoms. The van der Waals surface area contributed by atoms with Gasteiger partial charge < -0.3 is 14.2 Å². The Hall–Kier alpha value is -8.25. The molecular formula is C51H36N6O6. The first-order valence-corrected chi connectivity index (χ1v) is 20.5. The molecule has 6 heterocycles. The smallest absolute Gasteiger partial charge is 0.314 e. The fraction of sp³-hybridized carbons (Fsp3) is 0.118. The highest BCUT2D eigenvalue weighted by molar-refractivity contribution is 6.00. The van der Waals surface area contributed by atoms with Gasteiger partial charge >= 0.3 is 17.9 Å². The Morgan fingerprint density at radius 2 is 0.651 bits per heavy atom. The predicted molar refractivity (Wildman–Crippen MR) is 236 cm³/mol. The van der Waals surface area contributed by atoms with Crippen LogP contribution in [-0.2, 0) is 14.4 Å². The molecule has 0 N–H and O–H groups in total. The zero-order chi connectivity index (χ0) is 42.7. The van der Waals surface area contributed by atoms with Crippen molar-refractivity contribution in [2.45, 2.75) is 19.3 Å². The number of aromatic nitrogens is 6. The monoisotopic (exact) mass is 828 g/mol. The van der Waals surface area contributed by atoms with Crippen LogP contribution in [0.3, 0.4) is 0 Å². The van der Waals surface area contributed by atoms with Gasteiger partial charge in [0.1, 0.15) is 16.6 Å². The quantitative estimate of drug-likeness (QED) is 0.100. The van der Waals surface area contributed by atoms with Crippen LogP contribution in [0.4, 0.5) is 0 Å². The Balaban J connectivity index is 0.961. The van der Waals surface area contributed by atoms with E-state index in [0.29, 0.717) is 16.6 Å². The summed E-state index contributed by atoms with van der Waals surface area (Å²) in [6.07, 6.45) is 10.2. The number of carbonyl (C=O) groups excluding carboxylic acids is 3. The van der Waals surface area contributed by atoms with Crippen LogP contribution >= 0.6 is 0 Å². The van der Waals surface area contributed by atoms with E-state index in [9.17, 15) is 14.4 Å². The van der Waals surface area contributed by atoms with Crippen molar-refractivity contribution in [3.8, 4) is 51.0 Å². The molecule has 12 nitrogen and oxygen atoms in total. The van der Waals surface area contributed by atoms with Gasteiger partial charge in [0.15, 0.2) is 17.2 Å². The van der Waals surface area contributed by atoms with Gasteiger partial charge in [-0.2, -0.15) is 0 Å². The second kappa shape index (κ2) is 17.0. The maximum atomic E-state index is 14.3. The van der Waals surface area contributed by atoms with E-state index < -0.39 is 35.7 Å². The first-order valence-electron chi connectivity index (χ1n) is 20.5. The van der Waals surface area contributed by atoms with Gasteiger partial charge in [-0.15, -0.1) is 0 Å². The summed E-state index contributed by atoms with van der Waals surface area (Å²) in [6, 6.07) is 38.6. The van der Waals surface area contributed by atoms with Crippen LogP contribution in [0.1, 0.15) is 19.3 Å². The van der Waals surface area contributed by atoms with Crippen molar-refractivity contribution in [2.24, 2.45) is 17.8 Å². The van der Waals surface area contributed by atoms with Crippen molar-refractivity contribution in [3.63, 3.8) is 0 Å². The average molecular weight is 829 g/mol. The molecule has 0 spiro atoms. The molecular weight excluding hydrogens is 793 g/mol. The van der Waals surface area contributed by atoms with E-state index in [1.807, 2.05) is 109 Å². The third kappa shape index (κ3) is 7.81. The second-order valence-electron chi connectivity index (χ2n) is 15.2. The molecule has 306 valence electrons. The first kappa shape index (κ1) is 38.9. The predicted octanol–water partition coefficient (Wildman–Crippen LogP) is 9.67. The highest BCUT2D eigenvalue weighted by Gasteiger charge is 2.42. The van der Waals surface area contributed by atoms with E-state index in [1.54, 1.807) is 55.4 Å². The number of hydrogen-bond acceptors (Lipinski definition) is 12. The number of benzene rings is 3. The minimum absolute atomic E-state index is 0.0689.